The number of aryl methyl sites for hydroxylation is 1. The topological polar surface area (TPSA) is 76.3 Å². The summed E-state index contributed by atoms with van der Waals surface area (Å²) in [5, 5.41) is 15.4. The molecule has 0 amide bonds. The van der Waals surface area contributed by atoms with Crippen LogP contribution in [0.25, 0.3) is 11.0 Å². The number of aromatic nitrogens is 4. The Labute approximate surface area is 154 Å². The van der Waals surface area contributed by atoms with Gasteiger partial charge in [0.15, 0.2) is 5.65 Å². The summed E-state index contributed by atoms with van der Waals surface area (Å²) in [7, 11) is 4.01. The molecule has 26 heavy (non-hydrogen) atoms. The molecule has 1 saturated heterocycles. The van der Waals surface area contributed by atoms with E-state index in [-0.39, 0.29) is 12.0 Å². The van der Waals surface area contributed by atoms with Gasteiger partial charge in [0, 0.05) is 45.2 Å². The quantitative estimate of drug-likeness (QED) is 0.882. The van der Waals surface area contributed by atoms with Crippen LogP contribution in [0.5, 0.6) is 0 Å². The number of nitrogens with zero attached hydrogens (tertiary/aromatic N) is 5. The fourth-order valence-electron chi connectivity index (χ4n) is 4.43. The van der Waals surface area contributed by atoms with Crippen LogP contribution in [0.1, 0.15) is 50.3 Å². The van der Waals surface area contributed by atoms with Gasteiger partial charge in [0.05, 0.1) is 18.2 Å². The lowest BCUT2D eigenvalue weighted by molar-refractivity contribution is -0.0113. The van der Waals surface area contributed by atoms with E-state index in [0.717, 1.165) is 42.1 Å². The molecule has 7 nitrogen and oxygen atoms in total. The van der Waals surface area contributed by atoms with Crippen molar-refractivity contribution >= 4 is 16.9 Å². The van der Waals surface area contributed by atoms with Crippen molar-refractivity contribution in [1.29, 1.82) is 0 Å². The molecule has 7 heteroatoms. The molecule has 2 aromatic heterocycles. The van der Waals surface area contributed by atoms with Gasteiger partial charge in [0.2, 0.25) is 0 Å². The van der Waals surface area contributed by atoms with E-state index in [1.54, 1.807) is 0 Å². The highest BCUT2D eigenvalue weighted by Gasteiger charge is 2.34. The van der Waals surface area contributed by atoms with Crippen molar-refractivity contribution in [3.05, 3.63) is 12.0 Å². The van der Waals surface area contributed by atoms with E-state index in [1.165, 1.54) is 25.7 Å². The molecule has 1 N–H and O–H groups in total. The fraction of sp³-hybridized carbons (Fsp3) is 0.737. The molecule has 0 unspecified atom stereocenters. The van der Waals surface area contributed by atoms with Crippen molar-refractivity contribution in [2.45, 2.75) is 44.4 Å². The highest BCUT2D eigenvalue weighted by atomic mass is 16.5. The number of rotatable bonds is 5. The molecular weight excluding hydrogens is 330 g/mol. The summed E-state index contributed by atoms with van der Waals surface area (Å²) in [4.78, 5) is 12.0. The van der Waals surface area contributed by atoms with Crippen LogP contribution in [0.15, 0.2) is 6.20 Å². The Morgan fingerprint density at radius 3 is 2.69 bits per heavy atom. The Hall–Kier alpha value is -1.73. The Bertz CT molecular complexity index is 763. The second-order valence-corrected chi connectivity index (χ2v) is 8.02. The van der Waals surface area contributed by atoms with Gasteiger partial charge in [-0.25, -0.2) is 9.97 Å². The van der Waals surface area contributed by atoms with Crippen LogP contribution < -0.4 is 4.90 Å². The van der Waals surface area contributed by atoms with E-state index < -0.39 is 0 Å². The molecule has 1 saturated carbocycles. The summed E-state index contributed by atoms with van der Waals surface area (Å²) in [6, 6.07) is 0. The largest absolute Gasteiger partial charge is 0.396 e. The number of hydrogen-bond acceptors (Lipinski definition) is 6. The van der Waals surface area contributed by atoms with E-state index in [2.05, 4.69) is 17.0 Å². The minimum absolute atomic E-state index is 0.125. The second kappa shape index (κ2) is 7.12. The molecule has 2 aromatic rings. The first-order valence-corrected chi connectivity index (χ1v) is 9.71. The monoisotopic (exact) mass is 359 g/mol. The van der Waals surface area contributed by atoms with E-state index in [1.807, 2.05) is 17.9 Å². The average Bonchev–Trinajstić information content (AvgIpc) is 3.32. The predicted molar refractivity (Wildman–Crippen MR) is 100 cm³/mol. The van der Waals surface area contributed by atoms with Crippen molar-refractivity contribution < 1.29 is 9.84 Å². The van der Waals surface area contributed by atoms with Crippen LogP contribution in [0, 0.1) is 5.41 Å². The van der Waals surface area contributed by atoms with Gasteiger partial charge in [-0.1, -0.05) is 12.8 Å². The Morgan fingerprint density at radius 1 is 1.27 bits per heavy atom. The molecule has 0 spiro atoms. The lowest BCUT2D eigenvalue weighted by atomic mass is 9.80. The molecule has 4 rings (SSSR count). The highest BCUT2D eigenvalue weighted by Crippen LogP contribution is 2.36. The molecule has 0 radical (unpaired) electrons. The zero-order valence-corrected chi connectivity index (χ0v) is 15.8. The molecule has 1 aliphatic heterocycles. The normalized spacial score (nSPS) is 20.7. The van der Waals surface area contributed by atoms with Crippen LogP contribution in [0.2, 0.25) is 0 Å². The number of anilines is 1. The molecular formula is C19H29N5O2. The van der Waals surface area contributed by atoms with Crippen molar-refractivity contribution in [3.8, 4) is 0 Å². The minimum atomic E-state index is -0.125. The third-order valence-electron chi connectivity index (χ3n) is 6.13. The molecule has 2 aliphatic rings. The summed E-state index contributed by atoms with van der Waals surface area (Å²) in [5.74, 6) is 2.34. The summed E-state index contributed by atoms with van der Waals surface area (Å²) < 4.78 is 7.34. The first-order valence-electron chi connectivity index (χ1n) is 9.71. The zero-order chi connectivity index (χ0) is 18.1. The van der Waals surface area contributed by atoms with Crippen molar-refractivity contribution in [2.24, 2.45) is 12.5 Å². The van der Waals surface area contributed by atoms with Gasteiger partial charge in [-0.05, 0) is 25.7 Å². The molecule has 1 aliphatic carbocycles. The third-order valence-corrected chi connectivity index (χ3v) is 6.13. The number of fused-ring (bicyclic) bond motifs is 1. The van der Waals surface area contributed by atoms with Gasteiger partial charge in [0.25, 0.3) is 0 Å². The van der Waals surface area contributed by atoms with Gasteiger partial charge in [-0.2, -0.15) is 5.10 Å². The summed E-state index contributed by atoms with van der Waals surface area (Å²) in [6.45, 7) is 2.37. The lowest BCUT2D eigenvalue weighted by Gasteiger charge is -2.39. The SMILES string of the molecule is CN(CC1(CO)CCOCC1)c1nc(C2CCCC2)nc2c1cnn2C. The van der Waals surface area contributed by atoms with Crippen LogP contribution >= 0.6 is 0 Å². The number of hydrogen-bond donors (Lipinski definition) is 1. The van der Waals surface area contributed by atoms with Crippen LogP contribution in [0.4, 0.5) is 5.82 Å². The maximum Gasteiger partial charge on any atom is 0.163 e. The smallest absolute Gasteiger partial charge is 0.163 e. The average molecular weight is 359 g/mol. The summed E-state index contributed by atoms with van der Waals surface area (Å²) >= 11 is 0. The molecule has 0 aromatic carbocycles. The predicted octanol–water partition coefficient (Wildman–Crippen LogP) is 2.25. The summed E-state index contributed by atoms with van der Waals surface area (Å²) in [5.41, 5.74) is 0.772. The standard InChI is InChI=1S/C19H29N5O2/c1-23(12-19(13-25)7-9-26-10-8-19)17-15-11-20-24(2)18(15)22-16(21-17)14-5-3-4-6-14/h11,14,25H,3-10,12-13H2,1-2H3. The first kappa shape index (κ1) is 17.7. The second-order valence-electron chi connectivity index (χ2n) is 8.02. The lowest BCUT2D eigenvalue weighted by Crippen LogP contribution is -2.43. The molecule has 2 fully saturated rings. The molecule has 3 heterocycles. The van der Waals surface area contributed by atoms with Gasteiger partial charge < -0.3 is 14.7 Å². The first-order chi connectivity index (χ1) is 12.6. The number of ether oxygens (including phenoxy) is 1. The van der Waals surface area contributed by atoms with Gasteiger partial charge in [-0.3, -0.25) is 4.68 Å². The minimum Gasteiger partial charge on any atom is -0.396 e. The zero-order valence-electron chi connectivity index (χ0n) is 15.8. The van der Waals surface area contributed by atoms with E-state index >= 15 is 0 Å². The highest BCUT2D eigenvalue weighted by molar-refractivity contribution is 5.86. The maximum atomic E-state index is 10.1. The molecule has 0 atom stereocenters. The number of aliphatic hydroxyl groups is 1. The van der Waals surface area contributed by atoms with Crippen LogP contribution in [0.3, 0.4) is 0 Å². The third kappa shape index (κ3) is 3.18. The maximum absolute atomic E-state index is 10.1. The number of aliphatic hydroxyl groups excluding tert-OH is 1. The Balaban J connectivity index is 1.69. The van der Waals surface area contributed by atoms with Crippen molar-refractivity contribution in [3.63, 3.8) is 0 Å². The Morgan fingerprint density at radius 2 is 2.00 bits per heavy atom. The summed E-state index contributed by atoms with van der Waals surface area (Å²) in [6.07, 6.45) is 8.48. The van der Waals surface area contributed by atoms with Crippen LogP contribution in [-0.2, 0) is 11.8 Å². The van der Waals surface area contributed by atoms with Crippen molar-refractivity contribution in [2.75, 3.05) is 38.3 Å². The van der Waals surface area contributed by atoms with Gasteiger partial charge >= 0.3 is 0 Å². The van der Waals surface area contributed by atoms with Crippen LogP contribution in [-0.4, -0.2) is 58.3 Å². The fourth-order valence-corrected chi connectivity index (χ4v) is 4.43. The molecule has 0 bridgehead atoms. The van der Waals surface area contributed by atoms with Gasteiger partial charge in [0.1, 0.15) is 11.6 Å². The van der Waals surface area contributed by atoms with E-state index in [9.17, 15) is 5.11 Å². The van der Waals surface area contributed by atoms with E-state index in [4.69, 9.17) is 14.7 Å². The van der Waals surface area contributed by atoms with Gasteiger partial charge in [-0.15, -0.1) is 0 Å². The van der Waals surface area contributed by atoms with E-state index in [0.29, 0.717) is 19.1 Å². The molecule has 142 valence electrons. The van der Waals surface area contributed by atoms with Crippen molar-refractivity contribution in [1.82, 2.24) is 19.7 Å². The Kier molecular flexibility index (Phi) is 4.84.